The van der Waals surface area contributed by atoms with Gasteiger partial charge in [-0.2, -0.15) is 0 Å². The van der Waals surface area contributed by atoms with Gasteiger partial charge < -0.3 is 5.32 Å². The van der Waals surface area contributed by atoms with Gasteiger partial charge >= 0.3 is 0 Å². The van der Waals surface area contributed by atoms with Crippen LogP contribution in [-0.2, 0) is 0 Å². The molecular formula is C13H14N2O. The van der Waals surface area contributed by atoms with Crippen molar-refractivity contribution in [1.29, 1.82) is 0 Å². The van der Waals surface area contributed by atoms with Gasteiger partial charge in [0.25, 0.3) is 0 Å². The Bertz CT molecular complexity index is 552. The van der Waals surface area contributed by atoms with Crippen molar-refractivity contribution in [2.24, 2.45) is 0 Å². The summed E-state index contributed by atoms with van der Waals surface area (Å²) in [6.07, 6.45) is 3.13. The number of rotatable bonds is 1. The summed E-state index contributed by atoms with van der Waals surface area (Å²) in [5, 5.41) is 4.57. The zero-order valence-electron chi connectivity index (χ0n) is 9.23. The van der Waals surface area contributed by atoms with Crippen LogP contribution in [0.25, 0.3) is 10.9 Å². The number of hydrogen-bond donors (Lipinski definition) is 1. The van der Waals surface area contributed by atoms with Gasteiger partial charge in [0.1, 0.15) is 0 Å². The van der Waals surface area contributed by atoms with E-state index in [0.29, 0.717) is 6.04 Å². The van der Waals surface area contributed by atoms with Gasteiger partial charge in [-0.15, -0.1) is 0 Å². The lowest BCUT2D eigenvalue weighted by Crippen LogP contribution is -2.34. The van der Waals surface area contributed by atoms with Crippen LogP contribution in [0, 0.1) is 0 Å². The quantitative estimate of drug-likeness (QED) is 0.790. The number of aromatic nitrogens is 1. The highest BCUT2D eigenvalue weighted by Crippen LogP contribution is 2.31. The highest BCUT2D eigenvalue weighted by molar-refractivity contribution is 5.93. The topological polar surface area (TPSA) is 34.0 Å². The lowest BCUT2D eigenvalue weighted by Gasteiger charge is -2.27. The van der Waals surface area contributed by atoms with E-state index in [1.165, 1.54) is 10.9 Å². The summed E-state index contributed by atoms with van der Waals surface area (Å²) in [5.41, 5.74) is 2.26. The maximum Gasteiger partial charge on any atom is 0.227 e. The number of carbonyl (C=O) groups excluding carboxylic acids is 1. The van der Waals surface area contributed by atoms with Crippen LogP contribution in [0.2, 0.25) is 0 Å². The number of nitrogens with one attached hydrogen (secondary N) is 1. The highest BCUT2D eigenvalue weighted by atomic mass is 16.1. The van der Waals surface area contributed by atoms with Crippen molar-refractivity contribution < 1.29 is 4.79 Å². The number of fused-ring (bicyclic) bond motifs is 1. The molecule has 1 aromatic carbocycles. The second-order valence-corrected chi connectivity index (χ2v) is 4.29. The summed E-state index contributed by atoms with van der Waals surface area (Å²) < 4.78 is 1.74. The van der Waals surface area contributed by atoms with Crippen LogP contribution in [-0.4, -0.2) is 17.0 Å². The fourth-order valence-corrected chi connectivity index (χ4v) is 2.30. The van der Waals surface area contributed by atoms with E-state index in [4.69, 9.17) is 0 Å². The molecule has 0 spiro atoms. The molecule has 0 amide bonds. The van der Waals surface area contributed by atoms with Gasteiger partial charge in [-0.3, -0.25) is 9.36 Å². The molecule has 0 aliphatic carbocycles. The third kappa shape index (κ3) is 1.28. The van der Waals surface area contributed by atoms with Gasteiger partial charge in [0.05, 0.1) is 5.52 Å². The van der Waals surface area contributed by atoms with Crippen LogP contribution >= 0.6 is 0 Å². The van der Waals surface area contributed by atoms with E-state index < -0.39 is 0 Å². The third-order valence-corrected chi connectivity index (χ3v) is 3.28. The maximum atomic E-state index is 11.5. The zero-order valence-corrected chi connectivity index (χ0v) is 9.23. The van der Waals surface area contributed by atoms with Gasteiger partial charge in [0.2, 0.25) is 5.91 Å². The molecule has 0 radical (unpaired) electrons. The van der Waals surface area contributed by atoms with Crippen LogP contribution < -0.4 is 5.32 Å². The van der Waals surface area contributed by atoms with E-state index >= 15 is 0 Å². The molecule has 82 valence electrons. The highest BCUT2D eigenvalue weighted by Gasteiger charge is 2.23. The summed E-state index contributed by atoms with van der Waals surface area (Å²) in [4.78, 5) is 11.5. The van der Waals surface area contributed by atoms with Crippen LogP contribution in [0.1, 0.15) is 29.7 Å². The average molecular weight is 214 g/mol. The SMILES string of the molecule is CC(=O)n1cc([C@H]2CCN2)c2ccccc21. The lowest BCUT2D eigenvalue weighted by molar-refractivity contribution is 0.0941. The van der Waals surface area contributed by atoms with Crippen molar-refractivity contribution in [1.82, 2.24) is 9.88 Å². The van der Waals surface area contributed by atoms with Gasteiger partial charge in [0.15, 0.2) is 0 Å². The van der Waals surface area contributed by atoms with Crippen molar-refractivity contribution in [2.75, 3.05) is 6.54 Å². The number of para-hydroxylation sites is 1. The molecule has 0 saturated carbocycles. The monoisotopic (exact) mass is 214 g/mol. The first-order chi connectivity index (χ1) is 7.77. The van der Waals surface area contributed by atoms with E-state index in [2.05, 4.69) is 11.4 Å². The first kappa shape index (κ1) is 9.60. The summed E-state index contributed by atoms with van der Waals surface area (Å²) in [6.45, 7) is 2.68. The van der Waals surface area contributed by atoms with Gasteiger partial charge in [0, 0.05) is 24.5 Å². The predicted octanol–water partition coefficient (Wildman–Crippen LogP) is 2.34. The molecule has 1 aliphatic heterocycles. The molecule has 1 N–H and O–H groups in total. The molecule has 3 nitrogen and oxygen atoms in total. The normalized spacial score (nSPS) is 19.7. The number of carbonyl (C=O) groups is 1. The molecule has 1 saturated heterocycles. The Morgan fingerprint density at radius 3 is 2.81 bits per heavy atom. The summed E-state index contributed by atoms with van der Waals surface area (Å²) >= 11 is 0. The Morgan fingerprint density at radius 2 is 2.19 bits per heavy atom. The minimum Gasteiger partial charge on any atom is -0.310 e. The fraction of sp³-hybridized carbons (Fsp3) is 0.308. The Morgan fingerprint density at radius 1 is 1.44 bits per heavy atom. The Hall–Kier alpha value is -1.61. The van der Waals surface area contributed by atoms with Gasteiger partial charge in [-0.25, -0.2) is 0 Å². The molecule has 2 aromatic rings. The van der Waals surface area contributed by atoms with Crippen molar-refractivity contribution in [3.05, 3.63) is 36.0 Å². The number of benzene rings is 1. The second kappa shape index (κ2) is 3.46. The van der Waals surface area contributed by atoms with Crippen LogP contribution in [0.4, 0.5) is 0 Å². The predicted molar refractivity (Wildman–Crippen MR) is 63.6 cm³/mol. The molecule has 1 aliphatic rings. The van der Waals surface area contributed by atoms with Gasteiger partial charge in [-0.1, -0.05) is 18.2 Å². The van der Waals surface area contributed by atoms with Gasteiger partial charge in [-0.05, 0) is 24.6 Å². The van der Waals surface area contributed by atoms with Crippen molar-refractivity contribution >= 4 is 16.8 Å². The minimum absolute atomic E-state index is 0.0711. The van der Waals surface area contributed by atoms with E-state index in [-0.39, 0.29) is 5.91 Å². The molecule has 16 heavy (non-hydrogen) atoms. The first-order valence-electron chi connectivity index (χ1n) is 5.61. The standard InChI is InChI=1S/C13H14N2O/c1-9(16)15-8-11(12-6-7-14-12)10-4-2-3-5-13(10)15/h2-5,8,12,14H,6-7H2,1H3/t12-/m1/s1. The van der Waals surface area contributed by atoms with Crippen LogP contribution in [0.5, 0.6) is 0 Å². The average Bonchev–Trinajstić information content (AvgIpc) is 2.56. The molecule has 0 bridgehead atoms. The maximum absolute atomic E-state index is 11.5. The molecule has 3 heteroatoms. The van der Waals surface area contributed by atoms with E-state index in [1.54, 1.807) is 11.5 Å². The van der Waals surface area contributed by atoms with E-state index in [1.807, 2.05) is 24.4 Å². The molecule has 1 atom stereocenters. The number of hydrogen-bond acceptors (Lipinski definition) is 2. The van der Waals surface area contributed by atoms with E-state index in [9.17, 15) is 4.79 Å². The van der Waals surface area contributed by atoms with Crippen molar-refractivity contribution in [2.45, 2.75) is 19.4 Å². The van der Waals surface area contributed by atoms with Crippen LogP contribution in [0.15, 0.2) is 30.5 Å². The minimum atomic E-state index is 0.0711. The largest absolute Gasteiger partial charge is 0.310 e. The zero-order chi connectivity index (χ0) is 11.1. The third-order valence-electron chi connectivity index (χ3n) is 3.28. The Balaban J connectivity index is 2.24. The smallest absolute Gasteiger partial charge is 0.227 e. The Kier molecular flexibility index (Phi) is 2.07. The fourth-order valence-electron chi connectivity index (χ4n) is 2.30. The summed E-state index contributed by atoms with van der Waals surface area (Å²) in [7, 11) is 0. The van der Waals surface area contributed by atoms with Crippen molar-refractivity contribution in [3.63, 3.8) is 0 Å². The first-order valence-corrected chi connectivity index (χ1v) is 5.61. The molecule has 1 fully saturated rings. The van der Waals surface area contributed by atoms with Crippen LogP contribution in [0.3, 0.4) is 0 Å². The number of nitrogens with zero attached hydrogens (tertiary/aromatic N) is 1. The second-order valence-electron chi connectivity index (χ2n) is 4.29. The van der Waals surface area contributed by atoms with Crippen molar-refractivity contribution in [3.8, 4) is 0 Å². The van der Waals surface area contributed by atoms with E-state index in [0.717, 1.165) is 18.5 Å². The molecular weight excluding hydrogens is 200 g/mol. The summed E-state index contributed by atoms with van der Waals surface area (Å²) in [5.74, 6) is 0.0711. The molecule has 1 aromatic heterocycles. The Labute approximate surface area is 94.1 Å². The molecule has 2 heterocycles. The lowest BCUT2D eigenvalue weighted by atomic mass is 9.98. The summed E-state index contributed by atoms with van der Waals surface area (Å²) in [6, 6.07) is 8.50. The molecule has 3 rings (SSSR count). The molecule has 0 unspecified atom stereocenters.